The minimum Gasteiger partial charge on any atom is -0.399 e. The van der Waals surface area contributed by atoms with Crippen LogP contribution in [0.25, 0.3) is 0 Å². The number of rotatable bonds is 4. The maximum atomic E-state index is 11.0. The first-order valence-electron chi connectivity index (χ1n) is 4.66. The summed E-state index contributed by atoms with van der Waals surface area (Å²) < 4.78 is 22.1. The number of hydrogen-bond acceptors (Lipinski definition) is 4. The summed E-state index contributed by atoms with van der Waals surface area (Å²) in [6.45, 7) is 1.82. The van der Waals surface area contributed by atoms with Gasteiger partial charge in [-0.05, 0) is 25.1 Å². The number of sulfone groups is 1. The van der Waals surface area contributed by atoms with Crippen LogP contribution in [0.4, 0.5) is 11.4 Å². The third-order valence-electron chi connectivity index (χ3n) is 1.85. The van der Waals surface area contributed by atoms with E-state index >= 15 is 0 Å². The summed E-state index contributed by atoms with van der Waals surface area (Å²) in [5.74, 6) is 0.113. The van der Waals surface area contributed by atoms with Gasteiger partial charge < -0.3 is 11.1 Å². The van der Waals surface area contributed by atoms with Gasteiger partial charge in [0.25, 0.3) is 0 Å². The van der Waals surface area contributed by atoms with Crippen LogP contribution in [0.5, 0.6) is 0 Å². The van der Waals surface area contributed by atoms with E-state index < -0.39 is 9.84 Å². The van der Waals surface area contributed by atoms with Crippen molar-refractivity contribution in [3.8, 4) is 0 Å². The average Bonchev–Trinajstić information content (AvgIpc) is 1.99. The second-order valence-electron chi connectivity index (χ2n) is 3.76. The van der Waals surface area contributed by atoms with Crippen LogP contribution < -0.4 is 11.1 Å². The molecule has 4 nitrogen and oxygen atoms in total. The van der Waals surface area contributed by atoms with Gasteiger partial charge in [0.05, 0.1) is 5.75 Å². The quantitative estimate of drug-likeness (QED) is 0.757. The molecule has 0 spiro atoms. The van der Waals surface area contributed by atoms with E-state index in [0.29, 0.717) is 5.69 Å². The van der Waals surface area contributed by atoms with Gasteiger partial charge in [-0.1, -0.05) is 6.07 Å². The molecule has 0 heterocycles. The molecule has 0 bridgehead atoms. The summed E-state index contributed by atoms with van der Waals surface area (Å²) in [6, 6.07) is 7.12. The normalized spacial score (nSPS) is 13.5. The van der Waals surface area contributed by atoms with E-state index in [2.05, 4.69) is 5.32 Å². The molecule has 5 heteroatoms. The average molecular weight is 228 g/mol. The smallest absolute Gasteiger partial charge is 0.149 e. The van der Waals surface area contributed by atoms with Crippen molar-refractivity contribution in [1.82, 2.24) is 0 Å². The van der Waals surface area contributed by atoms with E-state index in [9.17, 15) is 8.42 Å². The van der Waals surface area contributed by atoms with Crippen LogP contribution in [0.3, 0.4) is 0 Å². The van der Waals surface area contributed by atoms with Crippen molar-refractivity contribution in [2.45, 2.75) is 13.0 Å². The highest BCUT2D eigenvalue weighted by Crippen LogP contribution is 2.13. The molecule has 1 unspecified atom stereocenters. The predicted molar refractivity (Wildman–Crippen MR) is 63.6 cm³/mol. The molecule has 0 radical (unpaired) electrons. The van der Waals surface area contributed by atoms with E-state index in [4.69, 9.17) is 5.73 Å². The monoisotopic (exact) mass is 228 g/mol. The number of nitrogen functional groups attached to an aromatic ring is 1. The third-order valence-corrected chi connectivity index (χ3v) is 2.96. The SMILES string of the molecule is CC(CS(C)(=O)=O)Nc1cccc(N)c1. The molecule has 0 amide bonds. The number of benzene rings is 1. The second kappa shape index (κ2) is 4.53. The largest absolute Gasteiger partial charge is 0.399 e. The highest BCUT2D eigenvalue weighted by Gasteiger charge is 2.09. The van der Waals surface area contributed by atoms with Crippen molar-refractivity contribution in [3.63, 3.8) is 0 Å². The Balaban J connectivity index is 2.63. The Kier molecular flexibility index (Phi) is 3.57. The van der Waals surface area contributed by atoms with Gasteiger partial charge in [0.1, 0.15) is 9.84 Å². The fourth-order valence-corrected chi connectivity index (χ4v) is 2.40. The molecule has 0 aromatic heterocycles. The zero-order valence-electron chi connectivity index (χ0n) is 8.90. The third kappa shape index (κ3) is 4.69. The van der Waals surface area contributed by atoms with Crippen LogP contribution in [0.15, 0.2) is 24.3 Å². The van der Waals surface area contributed by atoms with Crippen LogP contribution in [0, 0.1) is 0 Å². The van der Waals surface area contributed by atoms with Crippen molar-refractivity contribution in [1.29, 1.82) is 0 Å². The molecule has 15 heavy (non-hydrogen) atoms. The highest BCUT2D eigenvalue weighted by molar-refractivity contribution is 7.90. The summed E-state index contributed by atoms with van der Waals surface area (Å²) in [4.78, 5) is 0. The molecule has 0 fully saturated rings. The molecule has 0 aliphatic rings. The van der Waals surface area contributed by atoms with Crippen LogP contribution in [-0.2, 0) is 9.84 Å². The van der Waals surface area contributed by atoms with Crippen LogP contribution in [-0.4, -0.2) is 26.5 Å². The highest BCUT2D eigenvalue weighted by atomic mass is 32.2. The minimum atomic E-state index is -2.95. The molecule has 1 atom stereocenters. The first-order chi connectivity index (χ1) is 6.87. The van der Waals surface area contributed by atoms with Gasteiger partial charge in [-0.25, -0.2) is 8.42 Å². The summed E-state index contributed by atoms with van der Waals surface area (Å²) >= 11 is 0. The lowest BCUT2D eigenvalue weighted by atomic mass is 10.2. The molecular weight excluding hydrogens is 212 g/mol. The Hall–Kier alpha value is -1.23. The number of nitrogens with two attached hydrogens (primary N) is 1. The molecular formula is C10H16N2O2S. The molecule has 0 aliphatic heterocycles. The maximum Gasteiger partial charge on any atom is 0.149 e. The lowest BCUT2D eigenvalue weighted by Gasteiger charge is -2.14. The standard InChI is InChI=1S/C10H16N2O2S/c1-8(7-15(2,13)14)12-10-5-3-4-9(11)6-10/h3-6,8,12H,7,11H2,1-2H3. The van der Waals surface area contributed by atoms with Gasteiger partial charge in [-0.2, -0.15) is 0 Å². The van der Waals surface area contributed by atoms with E-state index in [0.717, 1.165) is 5.69 Å². The molecule has 1 rings (SSSR count). The molecule has 0 saturated heterocycles. The maximum absolute atomic E-state index is 11.0. The van der Waals surface area contributed by atoms with Crippen LogP contribution in [0.2, 0.25) is 0 Å². The summed E-state index contributed by atoms with van der Waals surface area (Å²) in [5.41, 5.74) is 7.10. The lowest BCUT2D eigenvalue weighted by molar-refractivity contribution is 0.598. The fourth-order valence-electron chi connectivity index (χ4n) is 1.41. The van der Waals surface area contributed by atoms with Gasteiger partial charge >= 0.3 is 0 Å². The van der Waals surface area contributed by atoms with E-state index in [-0.39, 0.29) is 11.8 Å². The van der Waals surface area contributed by atoms with E-state index in [1.807, 2.05) is 19.1 Å². The Morgan fingerprint density at radius 2 is 2.13 bits per heavy atom. The predicted octanol–water partition coefficient (Wildman–Crippen LogP) is 1.11. The first-order valence-corrected chi connectivity index (χ1v) is 6.73. The fraction of sp³-hybridized carbons (Fsp3) is 0.400. The summed E-state index contributed by atoms with van der Waals surface area (Å²) in [6.07, 6.45) is 1.23. The van der Waals surface area contributed by atoms with Gasteiger partial charge in [-0.3, -0.25) is 0 Å². The molecule has 0 saturated carbocycles. The Morgan fingerprint density at radius 1 is 1.47 bits per heavy atom. The van der Waals surface area contributed by atoms with Crippen molar-refractivity contribution < 1.29 is 8.42 Å². The summed E-state index contributed by atoms with van der Waals surface area (Å²) in [5, 5.41) is 3.08. The second-order valence-corrected chi connectivity index (χ2v) is 5.95. The first kappa shape index (κ1) is 11.8. The van der Waals surface area contributed by atoms with Gasteiger partial charge in [0, 0.05) is 23.7 Å². The van der Waals surface area contributed by atoms with Crippen molar-refractivity contribution >= 4 is 21.2 Å². The Bertz CT molecular complexity index is 429. The van der Waals surface area contributed by atoms with Gasteiger partial charge in [0.2, 0.25) is 0 Å². The van der Waals surface area contributed by atoms with Crippen molar-refractivity contribution in [2.24, 2.45) is 0 Å². The van der Waals surface area contributed by atoms with Gasteiger partial charge in [-0.15, -0.1) is 0 Å². The molecule has 84 valence electrons. The molecule has 3 N–H and O–H groups in total. The van der Waals surface area contributed by atoms with E-state index in [1.165, 1.54) is 6.26 Å². The Morgan fingerprint density at radius 3 is 2.67 bits per heavy atom. The topological polar surface area (TPSA) is 72.2 Å². The molecule has 0 aliphatic carbocycles. The van der Waals surface area contributed by atoms with Crippen LogP contribution >= 0.6 is 0 Å². The molecule has 1 aromatic rings. The van der Waals surface area contributed by atoms with Crippen molar-refractivity contribution in [2.75, 3.05) is 23.1 Å². The summed E-state index contributed by atoms with van der Waals surface area (Å²) in [7, 11) is -2.95. The zero-order chi connectivity index (χ0) is 11.5. The Labute approximate surface area is 90.4 Å². The lowest BCUT2D eigenvalue weighted by Crippen LogP contribution is -2.24. The zero-order valence-corrected chi connectivity index (χ0v) is 9.71. The van der Waals surface area contributed by atoms with Crippen molar-refractivity contribution in [3.05, 3.63) is 24.3 Å². The molecule has 1 aromatic carbocycles. The number of anilines is 2. The minimum absolute atomic E-state index is 0.113. The number of nitrogens with one attached hydrogen (secondary N) is 1. The number of hydrogen-bond donors (Lipinski definition) is 2. The van der Waals surface area contributed by atoms with Crippen LogP contribution in [0.1, 0.15) is 6.92 Å². The van der Waals surface area contributed by atoms with Gasteiger partial charge in [0.15, 0.2) is 0 Å². The van der Waals surface area contributed by atoms with E-state index in [1.54, 1.807) is 12.1 Å².